The number of hydrogen-bond donors (Lipinski definition) is 1. The summed E-state index contributed by atoms with van der Waals surface area (Å²) in [6.07, 6.45) is 1.70. The average molecular weight is 311 g/mol. The van der Waals surface area contributed by atoms with Gasteiger partial charge in [0.1, 0.15) is 0 Å². The van der Waals surface area contributed by atoms with E-state index in [2.05, 4.69) is 10.5 Å². The Morgan fingerprint density at radius 2 is 1.91 bits per heavy atom. The van der Waals surface area contributed by atoms with E-state index in [1.54, 1.807) is 12.1 Å². The molecule has 0 aromatic heterocycles. The first-order valence-corrected chi connectivity index (χ1v) is 7.08. The molecule has 0 fully saturated rings. The summed E-state index contributed by atoms with van der Waals surface area (Å²) in [4.78, 5) is 22.0. The number of nitro benzene ring substituents is 1. The number of carbonyl (C=O) groups is 1. The van der Waals surface area contributed by atoms with Crippen LogP contribution in [0.1, 0.15) is 22.3 Å². The number of rotatable bonds is 5. The number of non-ortho nitro benzene ring substituents is 1. The van der Waals surface area contributed by atoms with Crippen molar-refractivity contribution in [3.63, 3.8) is 0 Å². The maximum absolute atomic E-state index is 11.9. The minimum Gasteiger partial charge on any atom is -0.273 e. The Bertz CT molecular complexity index is 752. The summed E-state index contributed by atoms with van der Waals surface area (Å²) in [6, 6.07) is 11.8. The first-order valence-electron chi connectivity index (χ1n) is 7.08. The third-order valence-electron chi connectivity index (χ3n) is 3.36. The molecule has 118 valence electrons. The number of nitrogens with zero attached hydrogens (tertiary/aromatic N) is 2. The van der Waals surface area contributed by atoms with Crippen molar-refractivity contribution in [2.75, 3.05) is 0 Å². The van der Waals surface area contributed by atoms with E-state index in [0.29, 0.717) is 5.56 Å². The predicted molar refractivity (Wildman–Crippen MR) is 88.5 cm³/mol. The Hall–Kier alpha value is -3.02. The molecule has 1 N–H and O–H groups in total. The Labute approximate surface area is 134 Å². The molecule has 0 aliphatic rings. The molecule has 2 aromatic rings. The molecule has 6 nitrogen and oxygen atoms in total. The molecular weight excluding hydrogens is 294 g/mol. The zero-order chi connectivity index (χ0) is 16.8. The second-order valence-corrected chi connectivity index (χ2v) is 5.25. The van der Waals surface area contributed by atoms with Crippen LogP contribution in [0.25, 0.3) is 0 Å². The Morgan fingerprint density at radius 3 is 2.52 bits per heavy atom. The van der Waals surface area contributed by atoms with Crippen LogP contribution in [0.4, 0.5) is 5.69 Å². The highest BCUT2D eigenvalue weighted by Crippen LogP contribution is 2.11. The first kappa shape index (κ1) is 16.4. The number of nitrogens with one attached hydrogen (secondary N) is 1. The summed E-state index contributed by atoms with van der Waals surface area (Å²) in [6.45, 7) is 3.97. The predicted octanol–water partition coefficient (Wildman–Crippen LogP) is 2.90. The molecule has 0 spiro atoms. The van der Waals surface area contributed by atoms with Gasteiger partial charge in [0, 0.05) is 12.1 Å². The minimum atomic E-state index is -0.466. The van der Waals surface area contributed by atoms with Crippen LogP contribution in [0.5, 0.6) is 0 Å². The van der Waals surface area contributed by atoms with E-state index in [9.17, 15) is 14.9 Å². The molecule has 0 saturated heterocycles. The lowest BCUT2D eigenvalue weighted by Crippen LogP contribution is -2.20. The molecule has 0 atom stereocenters. The number of aryl methyl sites for hydroxylation is 2. The number of nitro groups is 1. The monoisotopic (exact) mass is 311 g/mol. The Morgan fingerprint density at radius 1 is 1.22 bits per heavy atom. The van der Waals surface area contributed by atoms with Crippen molar-refractivity contribution >= 4 is 17.8 Å². The molecule has 0 unspecified atom stereocenters. The topological polar surface area (TPSA) is 84.6 Å². The zero-order valence-electron chi connectivity index (χ0n) is 12.9. The van der Waals surface area contributed by atoms with Gasteiger partial charge in [-0.2, -0.15) is 5.10 Å². The van der Waals surface area contributed by atoms with Gasteiger partial charge in [0.25, 0.3) is 5.69 Å². The van der Waals surface area contributed by atoms with Crippen molar-refractivity contribution in [1.82, 2.24) is 5.43 Å². The van der Waals surface area contributed by atoms with Gasteiger partial charge in [0.05, 0.1) is 17.6 Å². The SMILES string of the molecule is Cc1ccc(CC(=O)N/N=C\c2ccc([N+](=O)[O-])cc2)c(C)c1. The van der Waals surface area contributed by atoms with E-state index < -0.39 is 4.92 Å². The lowest BCUT2D eigenvalue weighted by atomic mass is 10.0. The van der Waals surface area contributed by atoms with Gasteiger partial charge in [-0.15, -0.1) is 0 Å². The number of carbonyl (C=O) groups excluding carboxylic acids is 1. The highest BCUT2D eigenvalue weighted by molar-refractivity contribution is 5.83. The van der Waals surface area contributed by atoms with Gasteiger partial charge >= 0.3 is 0 Å². The normalized spacial score (nSPS) is 10.7. The Kier molecular flexibility index (Phi) is 5.19. The lowest BCUT2D eigenvalue weighted by molar-refractivity contribution is -0.384. The maximum atomic E-state index is 11.9. The molecular formula is C17H17N3O3. The molecule has 0 heterocycles. The molecule has 2 aromatic carbocycles. The van der Waals surface area contributed by atoms with Crippen molar-refractivity contribution in [3.8, 4) is 0 Å². The quantitative estimate of drug-likeness (QED) is 0.523. The zero-order valence-corrected chi connectivity index (χ0v) is 12.9. The van der Waals surface area contributed by atoms with Gasteiger partial charge in [-0.3, -0.25) is 14.9 Å². The molecule has 0 aliphatic carbocycles. The van der Waals surface area contributed by atoms with Crippen LogP contribution in [0, 0.1) is 24.0 Å². The minimum absolute atomic E-state index is 0.0148. The summed E-state index contributed by atoms with van der Waals surface area (Å²) >= 11 is 0. The van der Waals surface area contributed by atoms with Crippen LogP contribution in [-0.2, 0) is 11.2 Å². The van der Waals surface area contributed by atoms with E-state index in [4.69, 9.17) is 0 Å². The molecule has 0 aliphatic heterocycles. The van der Waals surface area contributed by atoms with Gasteiger partial charge < -0.3 is 0 Å². The molecule has 0 bridgehead atoms. The highest BCUT2D eigenvalue weighted by atomic mass is 16.6. The van der Waals surface area contributed by atoms with Crippen molar-refractivity contribution < 1.29 is 9.72 Å². The highest BCUT2D eigenvalue weighted by Gasteiger charge is 2.05. The van der Waals surface area contributed by atoms with Crippen molar-refractivity contribution in [1.29, 1.82) is 0 Å². The summed E-state index contributed by atoms with van der Waals surface area (Å²) < 4.78 is 0. The third kappa shape index (κ3) is 4.74. The summed E-state index contributed by atoms with van der Waals surface area (Å²) in [5.74, 6) is -0.213. The number of hydrogen-bond acceptors (Lipinski definition) is 4. The van der Waals surface area contributed by atoms with Crippen molar-refractivity contribution in [3.05, 3.63) is 74.8 Å². The van der Waals surface area contributed by atoms with Crippen LogP contribution in [0.3, 0.4) is 0 Å². The summed E-state index contributed by atoms with van der Waals surface area (Å²) in [7, 11) is 0. The molecule has 23 heavy (non-hydrogen) atoms. The van der Waals surface area contributed by atoms with Gasteiger partial charge in [0.2, 0.25) is 5.91 Å². The number of amides is 1. The van der Waals surface area contributed by atoms with Crippen LogP contribution >= 0.6 is 0 Å². The number of benzene rings is 2. The largest absolute Gasteiger partial charge is 0.273 e. The summed E-state index contributed by atoms with van der Waals surface area (Å²) in [5.41, 5.74) is 6.32. The van der Waals surface area contributed by atoms with Crippen molar-refractivity contribution in [2.45, 2.75) is 20.3 Å². The van der Waals surface area contributed by atoms with Crippen LogP contribution in [-0.4, -0.2) is 17.0 Å². The van der Waals surface area contributed by atoms with Crippen LogP contribution in [0.2, 0.25) is 0 Å². The van der Waals surface area contributed by atoms with Gasteiger partial charge in [-0.25, -0.2) is 5.43 Å². The molecule has 6 heteroatoms. The second-order valence-electron chi connectivity index (χ2n) is 5.25. The van der Waals surface area contributed by atoms with E-state index in [1.165, 1.54) is 18.3 Å². The van der Waals surface area contributed by atoms with E-state index >= 15 is 0 Å². The first-order chi connectivity index (χ1) is 11.0. The maximum Gasteiger partial charge on any atom is 0.269 e. The summed E-state index contributed by atoms with van der Waals surface area (Å²) in [5, 5.41) is 14.4. The standard InChI is InChI=1S/C17H17N3O3/c1-12-3-6-15(13(2)9-12)10-17(21)19-18-11-14-4-7-16(8-5-14)20(22)23/h3-9,11H,10H2,1-2H3,(H,19,21)/b18-11-. The van der Waals surface area contributed by atoms with Crippen molar-refractivity contribution in [2.24, 2.45) is 5.10 Å². The van der Waals surface area contributed by atoms with E-state index in [-0.39, 0.29) is 18.0 Å². The molecule has 0 saturated carbocycles. The van der Waals surface area contributed by atoms with Gasteiger partial charge in [-0.1, -0.05) is 23.8 Å². The molecule has 1 amide bonds. The van der Waals surface area contributed by atoms with Crippen LogP contribution in [0.15, 0.2) is 47.6 Å². The van der Waals surface area contributed by atoms with Crippen LogP contribution < -0.4 is 5.43 Å². The fraction of sp³-hybridized carbons (Fsp3) is 0.176. The van der Waals surface area contributed by atoms with E-state index in [0.717, 1.165) is 16.7 Å². The number of hydrazone groups is 1. The third-order valence-corrected chi connectivity index (χ3v) is 3.36. The smallest absolute Gasteiger partial charge is 0.269 e. The van der Waals surface area contributed by atoms with Gasteiger partial charge in [-0.05, 0) is 42.7 Å². The second kappa shape index (κ2) is 7.31. The van der Waals surface area contributed by atoms with E-state index in [1.807, 2.05) is 32.0 Å². The Balaban J connectivity index is 1.92. The lowest BCUT2D eigenvalue weighted by Gasteiger charge is -2.05. The fourth-order valence-electron chi connectivity index (χ4n) is 2.12. The van der Waals surface area contributed by atoms with Gasteiger partial charge in [0.15, 0.2) is 0 Å². The molecule has 2 rings (SSSR count). The average Bonchev–Trinajstić information content (AvgIpc) is 2.50. The molecule has 0 radical (unpaired) electrons. The fourth-order valence-corrected chi connectivity index (χ4v) is 2.12.